The maximum atomic E-state index is 11.2. The van der Waals surface area contributed by atoms with Crippen molar-refractivity contribution in [2.75, 3.05) is 20.0 Å². The molecule has 0 atom stereocenters. The van der Waals surface area contributed by atoms with Crippen LogP contribution < -0.4 is 14.2 Å². The Morgan fingerprint density at radius 3 is 2.78 bits per heavy atom. The number of carbonyl (C=O) groups excluding carboxylic acids is 2. The molecular formula is C12H12O6. The number of carbonyl (C=O) groups is 2. The summed E-state index contributed by atoms with van der Waals surface area (Å²) in [4.78, 5) is 22.1. The van der Waals surface area contributed by atoms with Crippen LogP contribution in [-0.4, -0.2) is 32.3 Å². The Labute approximate surface area is 103 Å². The van der Waals surface area contributed by atoms with E-state index >= 15 is 0 Å². The Bertz CT molecular complexity index is 468. The van der Waals surface area contributed by atoms with E-state index < -0.39 is 5.97 Å². The Kier molecular flexibility index (Phi) is 3.66. The van der Waals surface area contributed by atoms with Crippen LogP contribution in [0.1, 0.15) is 17.3 Å². The van der Waals surface area contributed by atoms with Crippen LogP contribution in [0.4, 0.5) is 0 Å². The highest BCUT2D eigenvalue weighted by Gasteiger charge is 2.18. The van der Waals surface area contributed by atoms with Gasteiger partial charge in [0, 0.05) is 6.07 Å². The van der Waals surface area contributed by atoms with Crippen molar-refractivity contribution >= 4 is 12.3 Å². The Balaban J connectivity index is 2.12. The van der Waals surface area contributed by atoms with Gasteiger partial charge in [-0.3, -0.25) is 4.79 Å². The van der Waals surface area contributed by atoms with E-state index in [1.165, 1.54) is 12.1 Å². The Hall–Kier alpha value is -2.24. The zero-order chi connectivity index (χ0) is 13.0. The third-order valence-electron chi connectivity index (χ3n) is 2.28. The first-order valence-electron chi connectivity index (χ1n) is 5.42. The average Bonchev–Trinajstić information content (AvgIpc) is 2.82. The van der Waals surface area contributed by atoms with Gasteiger partial charge in [-0.25, -0.2) is 4.79 Å². The van der Waals surface area contributed by atoms with Gasteiger partial charge in [0.15, 0.2) is 24.4 Å². The summed E-state index contributed by atoms with van der Waals surface area (Å²) in [5, 5.41) is 0. The lowest BCUT2D eigenvalue weighted by Gasteiger charge is -2.08. The quantitative estimate of drug-likeness (QED) is 0.578. The van der Waals surface area contributed by atoms with Crippen LogP contribution in [0, 0.1) is 0 Å². The van der Waals surface area contributed by atoms with Gasteiger partial charge >= 0.3 is 5.97 Å². The third kappa shape index (κ3) is 2.53. The van der Waals surface area contributed by atoms with Crippen LogP contribution in [0.5, 0.6) is 17.2 Å². The normalized spacial score (nSPS) is 12.1. The van der Waals surface area contributed by atoms with Crippen molar-refractivity contribution in [3.05, 3.63) is 17.7 Å². The Morgan fingerprint density at radius 2 is 2.11 bits per heavy atom. The first-order valence-corrected chi connectivity index (χ1v) is 5.42. The molecule has 1 aromatic carbocycles. The number of benzene rings is 1. The van der Waals surface area contributed by atoms with Crippen molar-refractivity contribution in [1.82, 2.24) is 0 Å². The lowest BCUT2D eigenvalue weighted by molar-refractivity contribution is -0.145. The molecule has 0 unspecified atom stereocenters. The first kappa shape index (κ1) is 12.2. The van der Waals surface area contributed by atoms with E-state index in [0.717, 1.165) is 0 Å². The molecule has 1 aromatic rings. The van der Waals surface area contributed by atoms with Crippen molar-refractivity contribution in [3.63, 3.8) is 0 Å². The molecule has 6 heteroatoms. The second-order valence-electron chi connectivity index (χ2n) is 3.45. The SMILES string of the molecule is CCOC(=O)COc1cc2c(cc1C=O)OCO2. The van der Waals surface area contributed by atoms with Crippen molar-refractivity contribution < 1.29 is 28.5 Å². The van der Waals surface area contributed by atoms with E-state index in [1.54, 1.807) is 6.92 Å². The molecule has 1 aliphatic heterocycles. The zero-order valence-corrected chi connectivity index (χ0v) is 9.80. The minimum absolute atomic E-state index is 0.106. The van der Waals surface area contributed by atoms with Gasteiger partial charge in [0.05, 0.1) is 12.2 Å². The summed E-state index contributed by atoms with van der Waals surface area (Å²) in [5.74, 6) is 0.745. The van der Waals surface area contributed by atoms with E-state index in [1.807, 2.05) is 0 Å². The molecular weight excluding hydrogens is 240 g/mol. The summed E-state index contributed by atoms with van der Waals surface area (Å²) in [6.45, 7) is 1.84. The minimum atomic E-state index is -0.494. The second kappa shape index (κ2) is 5.39. The summed E-state index contributed by atoms with van der Waals surface area (Å²) >= 11 is 0. The van der Waals surface area contributed by atoms with Crippen molar-refractivity contribution in [3.8, 4) is 17.2 Å². The summed E-state index contributed by atoms with van der Waals surface area (Å²) in [7, 11) is 0. The first-order chi connectivity index (χ1) is 8.74. The average molecular weight is 252 g/mol. The molecule has 0 N–H and O–H groups in total. The summed E-state index contributed by atoms with van der Waals surface area (Å²) in [5.41, 5.74) is 0.295. The van der Waals surface area contributed by atoms with E-state index in [0.29, 0.717) is 23.3 Å². The van der Waals surface area contributed by atoms with Gasteiger partial charge in [0.2, 0.25) is 6.79 Å². The second-order valence-corrected chi connectivity index (χ2v) is 3.45. The fraction of sp³-hybridized carbons (Fsp3) is 0.333. The molecule has 6 nitrogen and oxygen atoms in total. The van der Waals surface area contributed by atoms with Crippen LogP contribution in [0.15, 0.2) is 12.1 Å². The van der Waals surface area contributed by atoms with Crippen LogP contribution >= 0.6 is 0 Å². The third-order valence-corrected chi connectivity index (χ3v) is 2.28. The maximum Gasteiger partial charge on any atom is 0.344 e. The van der Waals surface area contributed by atoms with E-state index in [-0.39, 0.29) is 25.8 Å². The van der Waals surface area contributed by atoms with E-state index in [2.05, 4.69) is 0 Å². The topological polar surface area (TPSA) is 71.1 Å². The van der Waals surface area contributed by atoms with Gasteiger partial charge in [-0.2, -0.15) is 0 Å². The number of ether oxygens (including phenoxy) is 4. The van der Waals surface area contributed by atoms with E-state index in [4.69, 9.17) is 18.9 Å². The van der Waals surface area contributed by atoms with Crippen molar-refractivity contribution in [2.45, 2.75) is 6.92 Å². The highest BCUT2D eigenvalue weighted by atomic mass is 16.7. The number of hydrogen-bond acceptors (Lipinski definition) is 6. The molecule has 0 radical (unpaired) electrons. The number of aldehydes is 1. The monoisotopic (exact) mass is 252 g/mol. The largest absolute Gasteiger partial charge is 0.481 e. The molecule has 1 aliphatic rings. The molecule has 0 bridgehead atoms. The van der Waals surface area contributed by atoms with Crippen molar-refractivity contribution in [2.24, 2.45) is 0 Å². The molecule has 96 valence electrons. The standard InChI is InChI=1S/C12H12O6/c1-2-15-12(14)6-16-9-4-11-10(17-7-18-11)3-8(9)5-13/h3-5H,2,6-7H2,1H3. The predicted octanol–water partition coefficient (Wildman–Crippen LogP) is 1.17. The smallest absolute Gasteiger partial charge is 0.344 e. The molecule has 0 saturated heterocycles. The fourth-order valence-electron chi connectivity index (χ4n) is 1.50. The minimum Gasteiger partial charge on any atom is -0.481 e. The van der Waals surface area contributed by atoms with Crippen LogP contribution in [0.2, 0.25) is 0 Å². The molecule has 0 fully saturated rings. The van der Waals surface area contributed by atoms with Crippen LogP contribution in [-0.2, 0) is 9.53 Å². The lowest BCUT2D eigenvalue weighted by Crippen LogP contribution is -2.15. The fourth-order valence-corrected chi connectivity index (χ4v) is 1.50. The molecule has 2 rings (SSSR count). The van der Waals surface area contributed by atoms with Gasteiger partial charge in [0.1, 0.15) is 5.75 Å². The molecule has 1 heterocycles. The highest BCUT2D eigenvalue weighted by molar-refractivity contribution is 5.82. The Morgan fingerprint density at radius 1 is 1.39 bits per heavy atom. The highest BCUT2D eigenvalue weighted by Crippen LogP contribution is 2.37. The molecule has 0 aliphatic carbocycles. The van der Waals surface area contributed by atoms with Gasteiger partial charge < -0.3 is 18.9 Å². The van der Waals surface area contributed by atoms with Gasteiger partial charge in [-0.05, 0) is 13.0 Å². The van der Waals surface area contributed by atoms with Crippen LogP contribution in [0.25, 0.3) is 0 Å². The molecule has 0 spiro atoms. The number of fused-ring (bicyclic) bond motifs is 1. The maximum absolute atomic E-state index is 11.2. The van der Waals surface area contributed by atoms with E-state index in [9.17, 15) is 9.59 Å². The molecule has 0 aromatic heterocycles. The molecule has 0 amide bonds. The molecule has 0 saturated carbocycles. The summed E-state index contributed by atoms with van der Waals surface area (Å²) < 4.78 is 20.2. The van der Waals surface area contributed by atoms with Gasteiger partial charge in [-0.15, -0.1) is 0 Å². The predicted molar refractivity (Wildman–Crippen MR) is 60.1 cm³/mol. The number of rotatable bonds is 5. The molecule has 18 heavy (non-hydrogen) atoms. The number of hydrogen-bond donors (Lipinski definition) is 0. The van der Waals surface area contributed by atoms with Crippen LogP contribution in [0.3, 0.4) is 0 Å². The zero-order valence-electron chi connectivity index (χ0n) is 9.80. The van der Waals surface area contributed by atoms with Gasteiger partial charge in [0.25, 0.3) is 0 Å². The summed E-state index contributed by atoms with van der Waals surface area (Å²) in [6, 6.07) is 3.03. The van der Waals surface area contributed by atoms with Gasteiger partial charge in [-0.1, -0.05) is 0 Å². The summed E-state index contributed by atoms with van der Waals surface area (Å²) in [6.07, 6.45) is 0.627. The van der Waals surface area contributed by atoms with Crippen molar-refractivity contribution in [1.29, 1.82) is 0 Å². The number of esters is 1. The lowest BCUT2D eigenvalue weighted by atomic mass is 10.2.